The summed E-state index contributed by atoms with van der Waals surface area (Å²) < 4.78 is 5.61. The third kappa shape index (κ3) is 3.01. The molecule has 1 heterocycles. The van der Waals surface area contributed by atoms with Crippen LogP contribution in [-0.2, 0) is 4.74 Å². The largest absolute Gasteiger partial charge is 0.373 e. The molecule has 0 saturated carbocycles. The highest BCUT2D eigenvalue weighted by molar-refractivity contribution is 7.98. The molecule has 66 valence electrons. The van der Waals surface area contributed by atoms with Crippen LogP contribution in [0.15, 0.2) is 0 Å². The van der Waals surface area contributed by atoms with Gasteiger partial charge in [0.25, 0.3) is 0 Å². The minimum atomic E-state index is 0.408. The number of morpholine rings is 1. The standard InChI is InChI=1S/C8H17NOS/c1-7-4-9(6-11-3)5-8(2)10-7/h7-8H,4-6H2,1-3H3/t7-,8+. The van der Waals surface area contributed by atoms with E-state index in [1.54, 1.807) is 0 Å². The Morgan fingerprint density at radius 3 is 2.36 bits per heavy atom. The normalized spacial score (nSPS) is 34.1. The maximum absolute atomic E-state index is 5.61. The van der Waals surface area contributed by atoms with Crippen molar-refractivity contribution in [3.63, 3.8) is 0 Å². The zero-order chi connectivity index (χ0) is 8.27. The van der Waals surface area contributed by atoms with E-state index in [1.807, 2.05) is 11.8 Å². The molecular formula is C8H17NOS. The van der Waals surface area contributed by atoms with E-state index in [-0.39, 0.29) is 0 Å². The van der Waals surface area contributed by atoms with Gasteiger partial charge in [-0.2, -0.15) is 0 Å². The zero-order valence-corrected chi connectivity index (χ0v) is 8.36. The van der Waals surface area contributed by atoms with Gasteiger partial charge < -0.3 is 4.74 Å². The molecule has 0 spiro atoms. The molecule has 0 aliphatic carbocycles. The monoisotopic (exact) mass is 175 g/mol. The van der Waals surface area contributed by atoms with Gasteiger partial charge in [-0.15, -0.1) is 11.8 Å². The fraction of sp³-hybridized carbons (Fsp3) is 1.00. The summed E-state index contributed by atoms with van der Waals surface area (Å²) in [6.07, 6.45) is 2.96. The highest BCUT2D eigenvalue weighted by Crippen LogP contribution is 2.12. The molecule has 3 heteroatoms. The first-order valence-corrected chi connectivity index (χ1v) is 5.48. The van der Waals surface area contributed by atoms with E-state index in [4.69, 9.17) is 4.74 Å². The van der Waals surface area contributed by atoms with Crippen LogP contribution >= 0.6 is 11.8 Å². The van der Waals surface area contributed by atoms with Crippen LogP contribution in [-0.4, -0.2) is 42.3 Å². The first-order chi connectivity index (χ1) is 5.22. The highest BCUT2D eigenvalue weighted by Gasteiger charge is 2.20. The van der Waals surface area contributed by atoms with Crippen molar-refractivity contribution in [2.75, 3.05) is 25.2 Å². The zero-order valence-electron chi connectivity index (χ0n) is 7.54. The van der Waals surface area contributed by atoms with Gasteiger partial charge in [-0.1, -0.05) is 0 Å². The predicted octanol–water partition coefficient (Wildman–Crippen LogP) is 1.42. The van der Waals surface area contributed by atoms with Crippen LogP contribution in [0.2, 0.25) is 0 Å². The van der Waals surface area contributed by atoms with Crippen molar-refractivity contribution in [3.05, 3.63) is 0 Å². The minimum Gasteiger partial charge on any atom is -0.373 e. The lowest BCUT2D eigenvalue weighted by molar-refractivity contribution is -0.0621. The third-order valence-electron chi connectivity index (χ3n) is 1.81. The second kappa shape index (κ2) is 4.33. The maximum atomic E-state index is 5.61. The van der Waals surface area contributed by atoms with E-state index in [1.165, 1.54) is 0 Å². The molecule has 2 atom stereocenters. The van der Waals surface area contributed by atoms with Crippen molar-refractivity contribution < 1.29 is 4.74 Å². The maximum Gasteiger partial charge on any atom is 0.0678 e. The van der Waals surface area contributed by atoms with Crippen molar-refractivity contribution in [3.8, 4) is 0 Å². The Hall–Kier alpha value is 0.270. The van der Waals surface area contributed by atoms with Gasteiger partial charge in [-0.05, 0) is 20.1 Å². The van der Waals surface area contributed by atoms with Crippen LogP contribution < -0.4 is 0 Å². The summed E-state index contributed by atoms with van der Waals surface area (Å²) >= 11 is 1.88. The van der Waals surface area contributed by atoms with E-state index in [2.05, 4.69) is 25.0 Å². The van der Waals surface area contributed by atoms with Gasteiger partial charge in [0, 0.05) is 19.0 Å². The predicted molar refractivity (Wildman–Crippen MR) is 50.0 cm³/mol. The summed E-state index contributed by atoms with van der Waals surface area (Å²) in [5, 5.41) is 0. The summed E-state index contributed by atoms with van der Waals surface area (Å²) in [6.45, 7) is 6.46. The van der Waals surface area contributed by atoms with Crippen molar-refractivity contribution in [2.24, 2.45) is 0 Å². The summed E-state index contributed by atoms with van der Waals surface area (Å²) in [5.74, 6) is 1.14. The van der Waals surface area contributed by atoms with E-state index < -0.39 is 0 Å². The Kier molecular flexibility index (Phi) is 3.69. The topological polar surface area (TPSA) is 12.5 Å². The average Bonchev–Trinajstić information content (AvgIpc) is 1.85. The molecule has 1 rings (SSSR count). The van der Waals surface area contributed by atoms with Gasteiger partial charge >= 0.3 is 0 Å². The minimum absolute atomic E-state index is 0.408. The summed E-state index contributed by atoms with van der Waals surface area (Å²) in [5.41, 5.74) is 0. The average molecular weight is 175 g/mol. The summed E-state index contributed by atoms with van der Waals surface area (Å²) in [4.78, 5) is 2.45. The Morgan fingerprint density at radius 1 is 1.36 bits per heavy atom. The molecule has 0 unspecified atom stereocenters. The van der Waals surface area contributed by atoms with Gasteiger partial charge in [-0.25, -0.2) is 0 Å². The van der Waals surface area contributed by atoms with Crippen molar-refractivity contribution in [2.45, 2.75) is 26.1 Å². The number of ether oxygens (including phenoxy) is 1. The Morgan fingerprint density at radius 2 is 1.91 bits per heavy atom. The molecule has 0 amide bonds. The SMILES string of the molecule is CSCN1C[C@@H](C)O[C@@H](C)C1. The van der Waals surface area contributed by atoms with E-state index in [0.29, 0.717) is 12.2 Å². The quantitative estimate of drug-likeness (QED) is 0.630. The number of thioether (sulfide) groups is 1. The van der Waals surface area contributed by atoms with Crippen LogP contribution in [0, 0.1) is 0 Å². The van der Waals surface area contributed by atoms with Gasteiger partial charge in [0.2, 0.25) is 0 Å². The highest BCUT2D eigenvalue weighted by atomic mass is 32.2. The van der Waals surface area contributed by atoms with Crippen LogP contribution in [0.3, 0.4) is 0 Å². The smallest absolute Gasteiger partial charge is 0.0678 e. The van der Waals surface area contributed by atoms with Crippen molar-refractivity contribution >= 4 is 11.8 Å². The molecule has 0 radical (unpaired) electrons. The lowest BCUT2D eigenvalue weighted by Gasteiger charge is -2.34. The number of rotatable bonds is 2. The number of nitrogens with zero attached hydrogens (tertiary/aromatic N) is 1. The van der Waals surface area contributed by atoms with Crippen LogP contribution in [0.4, 0.5) is 0 Å². The van der Waals surface area contributed by atoms with E-state index in [0.717, 1.165) is 19.0 Å². The molecule has 1 aliphatic heterocycles. The van der Waals surface area contributed by atoms with Crippen LogP contribution in [0.1, 0.15) is 13.8 Å². The number of hydrogen-bond donors (Lipinski definition) is 0. The fourth-order valence-electron chi connectivity index (χ4n) is 1.57. The fourth-order valence-corrected chi connectivity index (χ4v) is 2.15. The lowest BCUT2D eigenvalue weighted by atomic mass is 10.2. The van der Waals surface area contributed by atoms with Crippen LogP contribution in [0.5, 0.6) is 0 Å². The molecule has 1 aliphatic rings. The molecule has 0 aromatic heterocycles. The van der Waals surface area contributed by atoms with Crippen molar-refractivity contribution in [1.29, 1.82) is 0 Å². The van der Waals surface area contributed by atoms with Gasteiger partial charge in [-0.3, -0.25) is 4.90 Å². The molecule has 1 saturated heterocycles. The molecular weight excluding hydrogens is 158 g/mol. The molecule has 0 bridgehead atoms. The Labute approximate surface area is 73.3 Å². The van der Waals surface area contributed by atoms with E-state index >= 15 is 0 Å². The van der Waals surface area contributed by atoms with E-state index in [9.17, 15) is 0 Å². The molecule has 1 fully saturated rings. The second-order valence-electron chi connectivity index (χ2n) is 3.21. The lowest BCUT2D eigenvalue weighted by Crippen LogP contribution is -2.44. The molecule has 2 nitrogen and oxygen atoms in total. The van der Waals surface area contributed by atoms with Gasteiger partial charge in [0.05, 0.1) is 12.2 Å². The molecule has 0 N–H and O–H groups in total. The summed E-state index contributed by atoms with van der Waals surface area (Å²) in [6, 6.07) is 0. The molecule has 0 aromatic carbocycles. The Balaban J connectivity index is 2.30. The Bertz CT molecular complexity index is 111. The summed E-state index contributed by atoms with van der Waals surface area (Å²) in [7, 11) is 0. The van der Waals surface area contributed by atoms with Gasteiger partial charge in [0.1, 0.15) is 0 Å². The first-order valence-electron chi connectivity index (χ1n) is 4.09. The number of hydrogen-bond acceptors (Lipinski definition) is 3. The van der Waals surface area contributed by atoms with Crippen LogP contribution in [0.25, 0.3) is 0 Å². The molecule has 0 aromatic rings. The van der Waals surface area contributed by atoms with Gasteiger partial charge in [0.15, 0.2) is 0 Å². The second-order valence-corrected chi connectivity index (χ2v) is 4.05. The molecule has 11 heavy (non-hydrogen) atoms. The van der Waals surface area contributed by atoms with Crippen molar-refractivity contribution in [1.82, 2.24) is 4.90 Å². The first kappa shape index (κ1) is 9.36. The third-order valence-corrected chi connectivity index (χ3v) is 2.43.